The van der Waals surface area contributed by atoms with Crippen molar-refractivity contribution in [3.8, 4) is 0 Å². The molecule has 0 bridgehead atoms. The Labute approximate surface area is 98.7 Å². The second kappa shape index (κ2) is 4.18. The lowest BCUT2D eigenvalue weighted by atomic mass is 9.75. The Morgan fingerprint density at radius 1 is 1.56 bits per heavy atom. The van der Waals surface area contributed by atoms with Crippen LogP contribution in [0.4, 0.5) is 0 Å². The highest BCUT2D eigenvalue weighted by molar-refractivity contribution is 7.10. The molecule has 0 saturated heterocycles. The number of aromatic carboxylic acids is 1. The van der Waals surface area contributed by atoms with Crippen molar-refractivity contribution in [1.29, 1.82) is 0 Å². The maximum absolute atomic E-state index is 11.1. The number of carbonyl (C=O) groups is 1. The molecule has 2 atom stereocenters. The van der Waals surface area contributed by atoms with Gasteiger partial charge in [-0.2, -0.15) is 0 Å². The Morgan fingerprint density at radius 2 is 2.31 bits per heavy atom. The van der Waals surface area contributed by atoms with E-state index in [1.54, 1.807) is 11.4 Å². The van der Waals surface area contributed by atoms with E-state index in [0.29, 0.717) is 11.3 Å². The van der Waals surface area contributed by atoms with Gasteiger partial charge in [0.25, 0.3) is 0 Å². The molecule has 1 aliphatic carbocycles. The SMILES string of the molecule is CC1CCCCC1(O)c1sccc1C(=O)O. The molecule has 1 aliphatic rings. The van der Waals surface area contributed by atoms with E-state index in [2.05, 4.69) is 0 Å². The van der Waals surface area contributed by atoms with Crippen LogP contribution in [0.1, 0.15) is 47.8 Å². The van der Waals surface area contributed by atoms with E-state index in [-0.39, 0.29) is 11.5 Å². The van der Waals surface area contributed by atoms with Gasteiger partial charge < -0.3 is 10.2 Å². The summed E-state index contributed by atoms with van der Waals surface area (Å²) in [6, 6.07) is 1.58. The fourth-order valence-corrected chi connectivity index (χ4v) is 3.61. The van der Waals surface area contributed by atoms with Gasteiger partial charge in [0.05, 0.1) is 10.4 Å². The largest absolute Gasteiger partial charge is 0.478 e. The summed E-state index contributed by atoms with van der Waals surface area (Å²) in [6.07, 6.45) is 3.73. The zero-order valence-corrected chi connectivity index (χ0v) is 10.1. The van der Waals surface area contributed by atoms with Gasteiger partial charge in [-0.1, -0.05) is 19.8 Å². The van der Waals surface area contributed by atoms with Crippen LogP contribution in [0.5, 0.6) is 0 Å². The third kappa shape index (κ3) is 1.76. The molecule has 16 heavy (non-hydrogen) atoms. The molecule has 0 radical (unpaired) electrons. The van der Waals surface area contributed by atoms with Gasteiger partial charge in [0, 0.05) is 0 Å². The highest BCUT2D eigenvalue weighted by atomic mass is 32.1. The van der Waals surface area contributed by atoms with Crippen LogP contribution in [-0.2, 0) is 5.60 Å². The molecule has 1 fully saturated rings. The van der Waals surface area contributed by atoms with E-state index < -0.39 is 11.6 Å². The van der Waals surface area contributed by atoms with Gasteiger partial charge in [0.2, 0.25) is 0 Å². The maximum Gasteiger partial charge on any atom is 0.336 e. The van der Waals surface area contributed by atoms with Crippen LogP contribution in [0.15, 0.2) is 11.4 Å². The van der Waals surface area contributed by atoms with Crippen LogP contribution in [0.25, 0.3) is 0 Å². The van der Waals surface area contributed by atoms with Crippen molar-refractivity contribution in [2.24, 2.45) is 5.92 Å². The van der Waals surface area contributed by atoms with Crippen molar-refractivity contribution >= 4 is 17.3 Å². The van der Waals surface area contributed by atoms with E-state index in [4.69, 9.17) is 5.11 Å². The van der Waals surface area contributed by atoms with Crippen molar-refractivity contribution in [3.63, 3.8) is 0 Å². The first kappa shape index (κ1) is 11.6. The molecule has 2 unspecified atom stereocenters. The highest BCUT2D eigenvalue weighted by Crippen LogP contribution is 2.44. The number of thiophene rings is 1. The molecular weight excluding hydrogens is 224 g/mol. The third-order valence-corrected chi connectivity index (χ3v) is 4.63. The molecule has 1 heterocycles. The van der Waals surface area contributed by atoms with Crippen molar-refractivity contribution in [3.05, 3.63) is 21.9 Å². The van der Waals surface area contributed by atoms with Crippen molar-refractivity contribution in [1.82, 2.24) is 0 Å². The number of carboxylic acids is 1. The summed E-state index contributed by atoms with van der Waals surface area (Å²) in [5.41, 5.74) is -0.665. The Bertz CT molecular complexity index is 399. The van der Waals surface area contributed by atoms with Crippen LogP contribution in [0.3, 0.4) is 0 Å². The minimum Gasteiger partial charge on any atom is -0.478 e. The Balaban J connectivity index is 2.41. The zero-order valence-electron chi connectivity index (χ0n) is 9.27. The fraction of sp³-hybridized carbons (Fsp3) is 0.583. The van der Waals surface area contributed by atoms with E-state index in [0.717, 1.165) is 19.3 Å². The molecular formula is C12H16O3S. The summed E-state index contributed by atoms with van der Waals surface area (Å²) in [5.74, 6) is -0.805. The van der Waals surface area contributed by atoms with Crippen molar-refractivity contribution < 1.29 is 15.0 Å². The topological polar surface area (TPSA) is 57.5 Å². The normalized spacial score (nSPS) is 30.2. The maximum atomic E-state index is 11.1. The molecule has 0 spiro atoms. The minimum atomic E-state index is -0.942. The molecule has 0 amide bonds. The van der Waals surface area contributed by atoms with Gasteiger partial charge in [-0.15, -0.1) is 11.3 Å². The molecule has 3 nitrogen and oxygen atoms in total. The summed E-state index contributed by atoms with van der Waals surface area (Å²) in [7, 11) is 0. The lowest BCUT2D eigenvalue weighted by molar-refractivity contribution is -0.0445. The third-order valence-electron chi connectivity index (χ3n) is 3.55. The quantitative estimate of drug-likeness (QED) is 0.835. The standard InChI is InChI=1S/C12H16O3S/c1-8-4-2-3-6-12(8,15)10-9(11(13)14)5-7-16-10/h5,7-8,15H,2-4,6H2,1H3,(H,13,14). The predicted molar refractivity (Wildman–Crippen MR) is 62.8 cm³/mol. The van der Waals surface area contributed by atoms with Crippen LogP contribution in [0.2, 0.25) is 0 Å². The Hall–Kier alpha value is -0.870. The Morgan fingerprint density at radius 3 is 2.94 bits per heavy atom. The molecule has 0 aliphatic heterocycles. The summed E-state index contributed by atoms with van der Waals surface area (Å²) in [4.78, 5) is 11.7. The lowest BCUT2D eigenvalue weighted by Gasteiger charge is -2.37. The molecule has 4 heteroatoms. The zero-order chi connectivity index (χ0) is 11.8. The van der Waals surface area contributed by atoms with Crippen molar-refractivity contribution in [2.75, 3.05) is 0 Å². The molecule has 2 N–H and O–H groups in total. The number of hydrogen-bond acceptors (Lipinski definition) is 3. The van der Waals surface area contributed by atoms with Crippen LogP contribution in [0, 0.1) is 5.92 Å². The van der Waals surface area contributed by atoms with Gasteiger partial charge in [-0.3, -0.25) is 0 Å². The summed E-state index contributed by atoms with van der Waals surface area (Å²) < 4.78 is 0. The van der Waals surface area contributed by atoms with Gasteiger partial charge in [-0.25, -0.2) is 4.79 Å². The van der Waals surface area contributed by atoms with E-state index in [1.807, 2.05) is 6.92 Å². The monoisotopic (exact) mass is 240 g/mol. The van der Waals surface area contributed by atoms with Gasteiger partial charge in [0.15, 0.2) is 0 Å². The first-order valence-electron chi connectivity index (χ1n) is 5.59. The first-order valence-corrected chi connectivity index (χ1v) is 6.47. The average Bonchev–Trinajstić information content (AvgIpc) is 2.72. The summed E-state index contributed by atoms with van der Waals surface area (Å²) >= 11 is 1.36. The molecule has 88 valence electrons. The second-order valence-electron chi connectivity index (χ2n) is 4.54. The number of rotatable bonds is 2. The predicted octanol–water partition coefficient (Wildman–Crippen LogP) is 2.84. The number of aliphatic hydroxyl groups is 1. The number of carboxylic acid groups (broad SMARTS) is 1. The summed E-state index contributed by atoms with van der Waals surface area (Å²) in [6.45, 7) is 2.00. The molecule has 0 aromatic carbocycles. The molecule has 1 aromatic rings. The van der Waals surface area contributed by atoms with Crippen LogP contribution in [-0.4, -0.2) is 16.2 Å². The second-order valence-corrected chi connectivity index (χ2v) is 5.46. The van der Waals surface area contributed by atoms with Crippen LogP contribution >= 0.6 is 11.3 Å². The lowest BCUT2D eigenvalue weighted by Crippen LogP contribution is -2.36. The Kier molecular flexibility index (Phi) is 3.04. The molecule has 1 aromatic heterocycles. The van der Waals surface area contributed by atoms with E-state index in [1.165, 1.54) is 11.3 Å². The number of hydrogen-bond donors (Lipinski definition) is 2. The minimum absolute atomic E-state index is 0.137. The first-order chi connectivity index (χ1) is 7.55. The van der Waals surface area contributed by atoms with Crippen LogP contribution < -0.4 is 0 Å². The fourth-order valence-electron chi connectivity index (χ4n) is 2.48. The smallest absolute Gasteiger partial charge is 0.336 e. The van der Waals surface area contributed by atoms with Crippen molar-refractivity contribution in [2.45, 2.75) is 38.2 Å². The van der Waals surface area contributed by atoms with E-state index >= 15 is 0 Å². The molecule has 1 saturated carbocycles. The van der Waals surface area contributed by atoms with Gasteiger partial charge in [-0.05, 0) is 30.2 Å². The highest BCUT2D eigenvalue weighted by Gasteiger charge is 2.41. The summed E-state index contributed by atoms with van der Waals surface area (Å²) in [5, 5.41) is 21.5. The van der Waals surface area contributed by atoms with Gasteiger partial charge >= 0.3 is 5.97 Å². The average molecular weight is 240 g/mol. The van der Waals surface area contributed by atoms with E-state index in [9.17, 15) is 9.90 Å². The van der Waals surface area contributed by atoms with Gasteiger partial charge in [0.1, 0.15) is 5.60 Å². The molecule has 2 rings (SSSR count).